The Morgan fingerprint density at radius 2 is 1.76 bits per heavy atom. The maximum atomic E-state index is 14.6. The third-order valence-corrected chi connectivity index (χ3v) is 7.49. The van der Waals surface area contributed by atoms with Crippen molar-refractivity contribution < 1.29 is 8.78 Å². The van der Waals surface area contributed by atoms with E-state index in [-0.39, 0.29) is 16.1 Å². The van der Waals surface area contributed by atoms with Gasteiger partial charge >= 0.3 is 0 Å². The molecule has 0 bridgehead atoms. The fraction of sp³-hybridized carbons (Fsp3) is 0.414. The Bertz CT molecular complexity index is 1370. The first kappa shape index (κ1) is 25.9. The van der Waals surface area contributed by atoms with Crippen molar-refractivity contribution in [3.05, 3.63) is 76.1 Å². The largest absolute Gasteiger partial charge is 0.301 e. The van der Waals surface area contributed by atoms with Crippen LogP contribution in [0.25, 0.3) is 16.6 Å². The lowest BCUT2D eigenvalue weighted by molar-refractivity contribution is 0.0619. The summed E-state index contributed by atoms with van der Waals surface area (Å²) in [5, 5.41) is -0.137. The molecule has 0 spiro atoms. The predicted molar refractivity (Wildman–Crippen MR) is 146 cm³/mol. The molecule has 0 N–H and O–H groups in total. The van der Waals surface area contributed by atoms with Crippen molar-refractivity contribution in [3.63, 3.8) is 0 Å². The number of rotatable bonds is 6. The van der Waals surface area contributed by atoms with Crippen molar-refractivity contribution in [2.45, 2.75) is 39.2 Å². The average Bonchev–Trinajstić information content (AvgIpc) is 3.35. The number of aliphatic imine (C=N–C) groups is 1. The highest BCUT2D eigenvalue weighted by Crippen LogP contribution is 2.29. The molecule has 37 heavy (non-hydrogen) atoms. The van der Waals surface area contributed by atoms with Crippen LogP contribution in [0.2, 0.25) is 5.02 Å². The van der Waals surface area contributed by atoms with Crippen LogP contribution < -0.4 is 0 Å². The SMILES string of the molecule is CC(C)(C)N1CCN(CCCc2cnc3ccc(C4=CCN=C4c4cc(Cl)c(F)cc4F)nc3c2)CC1. The molecule has 1 saturated heterocycles. The van der Waals surface area contributed by atoms with E-state index in [1.165, 1.54) is 6.07 Å². The van der Waals surface area contributed by atoms with Crippen LogP contribution in [0, 0.1) is 11.6 Å². The van der Waals surface area contributed by atoms with E-state index in [1.54, 1.807) is 0 Å². The first-order valence-corrected chi connectivity index (χ1v) is 13.2. The molecule has 5 rings (SSSR count). The molecule has 1 aromatic carbocycles. The molecule has 0 radical (unpaired) electrons. The van der Waals surface area contributed by atoms with E-state index in [9.17, 15) is 8.78 Å². The first-order chi connectivity index (χ1) is 17.7. The zero-order valence-electron chi connectivity index (χ0n) is 21.6. The van der Waals surface area contributed by atoms with Gasteiger partial charge in [-0.1, -0.05) is 17.7 Å². The van der Waals surface area contributed by atoms with Crippen LogP contribution in [-0.4, -0.2) is 70.3 Å². The van der Waals surface area contributed by atoms with Gasteiger partial charge in [-0.3, -0.25) is 14.9 Å². The molecule has 1 fully saturated rings. The van der Waals surface area contributed by atoms with Gasteiger partial charge in [-0.05, 0) is 70.0 Å². The number of hydrogen-bond donors (Lipinski definition) is 0. The number of aryl methyl sites for hydroxylation is 1. The summed E-state index contributed by atoms with van der Waals surface area (Å²) in [5.74, 6) is -1.49. The predicted octanol–water partition coefficient (Wildman–Crippen LogP) is 5.80. The minimum Gasteiger partial charge on any atom is -0.301 e. The van der Waals surface area contributed by atoms with Crippen molar-refractivity contribution in [2.75, 3.05) is 39.3 Å². The Morgan fingerprint density at radius 1 is 0.973 bits per heavy atom. The van der Waals surface area contributed by atoms with E-state index >= 15 is 0 Å². The molecule has 0 unspecified atom stereocenters. The summed E-state index contributed by atoms with van der Waals surface area (Å²) in [7, 11) is 0. The van der Waals surface area contributed by atoms with Crippen LogP contribution in [0.4, 0.5) is 8.78 Å². The monoisotopic (exact) mass is 523 g/mol. The summed E-state index contributed by atoms with van der Waals surface area (Å²) < 4.78 is 28.2. The van der Waals surface area contributed by atoms with Gasteiger partial charge in [-0.15, -0.1) is 0 Å². The van der Waals surface area contributed by atoms with E-state index in [2.05, 4.69) is 46.6 Å². The molecule has 2 aromatic heterocycles. The van der Waals surface area contributed by atoms with Gasteiger partial charge < -0.3 is 4.90 Å². The van der Waals surface area contributed by atoms with Crippen molar-refractivity contribution in [1.82, 2.24) is 19.8 Å². The quantitative estimate of drug-likeness (QED) is 0.383. The summed E-state index contributed by atoms with van der Waals surface area (Å²) in [5.41, 5.74) is 4.97. The Kier molecular flexibility index (Phi) is 7.39. The molecule has 2 aliphatic heterocycles. The topological polar surface area (TPSA) is 44.6 Å². The molecule has 4 heterocycles. The number of hydrogen-bond acceptors (Lipinski definition) is 5. The summed E-state index contributed by atoms with van der Waals surface area (Å²) in [6.45, 7) is 12.8. The molecule has 194 valence electrons. The molecule has 3 aromatic rings. The number of benzene rings is 1. The second kappa shape index (κ2) is 10.6. The highest BCUT2D eigenvalue weighted by atomic mass is 35.5. The maximum absolute atomic E-state index is 14.6. The smallest absolute Gasteiger partial charge is 0.144 e. The van der Waals surface area contributed by atoms with Crippen molar-refractivity contribution in [3.8, 4) is 0 Å². The Labute approximate surface area is 221 Å². The number of halogens is 3. The van der Waals surface area contributed by atoms with E-state index < -0.39 is 11.6 Å². The minimum atomic E-state index is -0.790. The summed E-state index contributed by atoms with van der Waals surface area (Å²) in [6.07, 6.45) is 5.83. The molecule has 0 atom stereocenters. The fourth-order valence-electron chi connectivity index (χ4n) is 5.05. The van der Waals surface area contributed by atoms with Gasteiger partial charge in [0.1, 0.15) is 11.6 Å². The highest BCUT2D eigenvalue weighted by Gasteiger charge is 2.25. The van der Waals surface area contributed by atoms with Gasteiger partial charge in [0.2, 0.25) is 0 Å². The van der Waals surface area contributed by atoms with Crippen molar-refractivity contribution in [1.29, 1.82) is 0 Å². The number of allylic oxidation sites excluding steroid dienone is 1. The second-order valence-corrected chi connectivity index (χ2v) is 11.1. The van der Waals surface area contributed by atoms with Crippen molar-refractivity contribution in [2.24, 2.45) is 4.99 Å². The zero-order valence-corrected chi connectivity index (χ0v) is 22.3. The lowest BCUT2D eigenvalue weighted by Crippen LogP contribution is -2.53. The minimum absolute atomic E-state index is 0.137. The first-order valence-electron chi connectivity index (χ1n) is 12.8. The van der Waals surface area contributed by atoms with Crippen LogP contribution in [0.5, 0.6) is 0 Å². The third kappa shape index (κ3) is 5.74. The van der Waals surface area contributed by atoms with E-state index in [4.69, 9.17) is 16.6 Å². The van der Waals surface area contributed by atoms with Gasteiger partial charge in [0.05, 0.1) is 34.0 Å². The molecule has 0 aliphatic carbocycles. The van der Waals surface area contributed by atoms with Crippen LogP contribution in [0.3, 0.4) is 0 Å². The number of aromatic nitrogens is 2. The normalized spacial score (nSPS) is 17.4. The van der Waals surface area contributed by atoms with Crippen LogP contribution in [-0.2, 0) is 6.42 Å². The Morgan fingerprint density at radius 3 is 2.51 bits per heavy atom. The van der Waals surface area contributed by atoms with Gasteiger partial charge in [0.15, 0.2) is 0 Å². The third-order valence-electron chi connectivity index (χ3n) is 7.20. The van der Waals surface area contributed by atoms with E-state index in [0.717, 1.165) is 68.2 Å². The van der Waals surface area contributed by atoms with E-state index in [0.29, 0.717) is 23.5 Å². The van der Waals surface area contributed by atoms with Gasteiger partial charge in [0, 0.05) is 55.1 Å². The Balaban J connectivity index is 1.27. The lowest BCUT2D eigenvalue weighted by Gasteiger charge is -2.42. The standard InChI is InChI=1S/C29H32ClF2N5/c1-29(2,3)37-13-11-36(12-14-37)10-4-5-19-15-27-26(34-18-19)7-6-25(35-27)20-8-9-33-28(20)21-16-22(30)24(32)17-23(21)31/h6-8,15-18H,4-5,9-14H2,1-3H3. The molecule has 0 amide bonds. The number of piperazine rings is 1. The molecule has 8 heteroatoms. The molecule has 5 nitrogen and oxygen atoms in total. The Hall–Kier alpha value is -2.74. The van der Waals surface area contributed by atoms with E-state index in [1.807, 2.05) is 24.4 Å². The van der Waals surface area contributed by atoms with Crippen molar-refractivity contribution >= 4 is 33.9 Å². The average molecular weight is 524 g/mol. The fourth-order valence-corrected chi connectivity index (χ4v) is 5.22. The van der Waals surface area contributed by atoms with Crippen LogP contribution in [0.15, 0.2) is 47.6 Å². The summed E-state index contributed by atoms with van der Waals surface area (Å²) in [4.78, 5) is 19.0. The summed E-state index contributed by atoms with van der Waals surface area (Å²) in [6, 6.07) is 7.95. The summed E-state index contributed by atoms with van der Waals surface area (Å²) >= 11 is 5.92. The molecular weight excluding hydrogens is 492 g/mol. The highest BCUT2D eigenvalue weighted by molar-refractivity contribution is 6.35. The van der Waals surface area contributed by atoms with Crippen LogP contribution in [0.1, 0.15) is 44.0 Å². The molecule has 0 saturated carbocycles. The zero-order chi connectivity index (χ0) is 26.2. The maximum Gasteiger partial charge on any atom is 0.144 e. The lowest BCUT2D eigenvalue weighted by atomic mass is 9.99. The van der Waals surface area contributed by atoms with Gasteiger partial charge in [-0.2, -0.15) is 0 Å². The van der Waals surface area contributed by atoms with Gasteiger partial charge in [0.25, 0.3) is 0 Å². The van der Waals surface area contributed by atoms with Crippen LogP contribution >= 0.6 is 11.6 Å². The number of nitrogens with zero attached hydrogens (tertiary/aromatic N) is 5. The molecular formula is C29H32ClF2N5. The number of pyridine rings is 2. The molecule has 2 aliphatic rings. The second-order valence-electron chi connectivity index (χ2n) is 10.7. The number of fused-ring (bicyclic) bond motifs is 1. The van der Waals surface area contributed by atoms with Gasteiger partial charge in [-0.25, -0.2) is 13.8 Å².